The van der Waals surface area contributed by atoms with Crippen LogP contribution in [0.4, 0.5) is 5.69 Å². The van der Waals surface area contributed by atoms with Crippen molar-refractivity contribution in [2.45, 2.75) is 6.92 Å². The van der Waals surface area contributed by atoms with Gasteiger partial charge in [-0.1, -0.05) is 18.7 Å². The molecule has 0 heterocycles. The Bertz CT molecular complexity index is 687. The molecule has 0 saturated heterocycles. The second-order valence-corrected chi connectivity index (χ2v) is 4.50. The summed E-state index contributed by atoms with van der Waals surface area (Å²) in [5, 5.41) is 10.6. The molecule has 0 N–H and O–H groups in total. The Morgan fingerprint density at radius 1 is 1.05 bits per heavy atom. The normalized spacial score (nSPS) is 9.95. The van der Waals surface area contributed by atoms with E-state index in [1.807, 2.05) is 0 Å². The Labute approximate surface area is 121 Å². The van der Waals surface area contributed by atoms with Gasteiger partial charge in [0.05, 0.1) is 4.92 Å². The van der Waals surface area contributed by atoms with E-state index in [1.165, 1.54) is 12.1 Å². The van der Waals surface area contributed by atoms with Gasteiger partial charge in [-0.2, -0.15) is 0 Å². The fourth-order valence-electron chi connectivity index (χ4n) is 1.69. The monoisotopic (exact) mass is 283 g/mol. The molecular formula is C16H13NO4. The summed E-state index contributed by atoms with van der Waals surface area (Å²) in [7, 11) is 0. The molecule has 0 amide bonds. The number of carbonyl (C=O) groups is 1. The van der Waals surface area contributed by atoms with Crippen LogP contribution in [0, 0.1) is 10.1 Å². The number of benzene rings is 2. The van der Waals surface area contributed by atoms with Crippen molar-refractivity contribution in [1.82, 2.24) is 0 Å². The maximum Gasteiger partial charge on any atom is 0.338 e. The van der Waals surface area contributed by atoms with Crippen molar-refractivity contribution in [2.24, 2.45) is 0 Å². The predicted molar refractivity (Wildman–Crippen MR) is 79.0 cm³/mol. The van der Waals surface area contributed by atoms with Gasteiger partial charge in [0.2, 0.25) is 0 Å². The Hall–Kier alpha value is -2.95. The first-order valence-electron chi connectivity index (χ1n) is 6.20. The van der Waals surface area contributed by atoms with Crippen LogP contribution < -0.4 is 4.74 Å². The third kappa shape index (κ3) is 3.54. The highest BCUT2D eigenvalue weighted by Gasteiger charge is 2.07. The van der Waals surface area contributed by atoms with E-state index in [-0.39, 0.29) is 5.69 Å². The molecule has 0 aliphatic rings. The highest BCUT2D eigenvalue weighted by Crippen LogP contribution is 2.24. The van der Waals surface area contributed by atoms with E-state index in [4.69, 9.17) is 4.74 Å². The van der Waals surface area contributed by atoms with E-state index in [9.17, 15) is 14.9 Å². The fraction of sp³-hybridized carbons (Fsp3) is 0.0625. The standard InChI is InChI=1S/C16H13NO4/c1-11(2)16(18)21-15-9-5-13(6-10-15)12-3-7-14(8-4-12)17(19)20/h3-10H,1H2,2H3. The van der Waals surface area contributed by atoms with Gasteiger partial charge in [0, 0.05) is 17.7 Å². The van der Waals surface area contributed by atoms with Crippen LogP contribution in [0.3, 0.4) is 0 Å². The van der Waals surface area contributed by atoms with Gasteiger partial charge in [-0.15, -0.1) is 0 Å². The lowest BCUT2D eigenvalue weighted by Gasteiger charge is -2.05. The summed E-state index contributed by atoms with van der Waals surface area (Å²) >= 11 is 0. The minimum absolute atomic E-state index is 0.0470. The molecule has 0 spiro atoms. The van der Waals surface area contributed by atoms with Crippen LogP contribution >= 0.6 is 0 Å². The SMILES string of the molecule is C=C(C)C(=O)Oc1ccc(-c2ccc([N+](=O)[O-])cc2)cc1. The van der Waals surface area contributed by atoms with E-state index in [2.05, 4.69) is 6.58 Å². The van der Waals surface area contributed by atoms with E-state index >= 15 is 0 Å². The Kier molecular flexibility index (Phi) is 4.13. The lowest BCUT2D eigenvalue weighted by atomic mass is 10.1. The van der Waals surface area contributed by atoms with Crippen LogP contribution in [-0.2, 0) is 4.79 Å². The summed E-state index contributed by atoms with van der Waals surface area (Å²) in [5.74, 6) is -0.0493. The van der Waals surface area contributed by atoms with Crippen LogP contribution in [-0.4, -0.2) is 10.9 Å². The molecule has 0 aliphatic carbocycles. The molecule has 0 aromatic heterocycles. The third-order valence-corrected chi connectivity index (χ3v) is 2.82. The second kappa shape index (κ2) is 6.00. The maximum absolute atomic E-state index is 11.4. The number of non-ortho nitro benzene ring substituents is 1. The molecule has 0 saturated carbocycles. The van der Waals surface area contributed by atoms with Crippen LogP contribution in [0.25, 0.3) is 11.1 Å². The number of carbonyl (C=O) groups excluding carboxylic acids is 1. The van der Waals surface area contributed by atoms with E-state index in [0.717, 1.165) is 11.1 Å². The number of rotatable bonds is 4. The van der Waals surface area contributed by atoms with Crippen molar-refractivity contribution in [3.05, 3.63) is 70.8 Å². The highest BCUT2D eigenvalue weighted by atomic mass is 16.6. The van der Waals surface area contributed by atoms with Crippen LogP contribution in [0.15, 0.2) is 60.7 Å². The Morgan fingerprint density at radius 3 is 1.95 bits per heavy atom. The largest absolute Gasteiger partial charge is 0.423 e. The number of hydrogen-bond acceptors (Lipinski definition) is 4. The van der Waals surface area contributed by atoms with Gasteiger partial charge < -0.3 is 4.74 Å². The smallest absolute Gasteiger partial charge is 0.338 e. The van der Waals surface area contributed by atoms with Gasteiger partial charge >= 0.3 is 5.97 Å². The topological polar surface area (TPSA) is 69.4 Å². The summed E-state index contributed by atoms with van der Waals surface area (Å²) in [4.78, 5) is 21.5. The molecule has 2 aromatic carbocycles. The molecular weight excluding hydrogens is 270 g/mol. The first-order valence-corrected chi connectivity index (χ1v) is 6.20. The highest BCUT2D eigenvalue weighted by molar-refractivity contribution is 5.88. The van der Waals surface area contributed by atoms with E-state index in [1.54, 1.807) is 43.3 Å². The van der Waals surface area contributed by atoms with Crippen molar-refractivity contribution in [1.29, 1.82) is 0 Å². The van der Waals surface area contributed by atoms with Crippen LogP contribution in [0.5, 0.6) is 5.75 Å². The number of nitro benzene ring substituents is 1. The minimum atomic E-state index is -0.474. The number of esters is 1. The molecule has 0 atom stereocenters. The molecule has 0 aliphatic heterocycles. The van der Waals surface area contributed by atoms with Crippen molar-refractivity contribution >= 4 is 11.7 Å². The average molecular weight is 283 g/mol. The van der Waals surface area contributed by atoms with E-state index < -0.39 is 10.9 Å². The van der Waals surface area contributed by atoms with Crippen molar-refractivity contribution in [3.8, 4) is 16.9 Å². The van der Waals surface area contributed by atoms with E-state index in [0.29, 0.717) is 11.3 Å². The summed E-state index contributed by atoms with van der Waals surface area (Å²) < 4.78 is 5.09. The molecule has 5 heteroatoms. The van der Waals surface area contributed by atoms with Crippen molar-refractivity contribution < 1.29 is 14.5 Å². The lowest BCUT2D eigenvalue weighted by Crippen LogP contribution is -2.07. The van der Waals surface area contributed by atoms with Crippen molar-refractivity contribution in [3.63, 3.8) is 0 Å². The third-order valence-electron chi connectivity index (χ3n) is 2.82. The zero-order chi connectivity index (χ0) is 15.4. The van der Waals surface area contributed by atoms with Gasteiger partial charge in [0.1, 0.15) is 5.75 Å². The molecule has 21 heavy (non-hydrogen) atoms. The summed E-state index contributed by atoms with van der Waals surface area (Å²) in [6.07, 6.45) is 0. The molecule has 0 bridgehead atoms. The van der Waals surface area contributed by atoms with Gasteiger partial charge in [-0.3, -0.25) is 10.1 Å². The number of hydrogen-bond donors (Lipinski definition) is 0. The van der Waals surface area contributed by atoms with Gasteiger partial charge in [0.15, 0.2) is 0 Å². The zero-order valence-electron chi connectivity index (χ0n) is 11.4. The number of nitrogens with zero attached hydrogens (tertiary/aromatic N) is 1. The van der Waals surface area contributed by atoms with Gasteiger partial charge in [0.25, 0.3) is 5.69 Å². The molecule has 106 valence electrons. The second-order valence-electron chi connectivity index (χ2n) is 4.50. The first-order chi connectivity index (χ1) is 9.97. The molecule has 5 nitrogen and oxygen atoms in total. The lowest BCUT2D eigenvalue weighted by molar-refractivity contribution is -0.384. The summed E-state index contributed by atoms with van der Waals surface area (Å²) in [6, 6.07) is 13.1. The quantitative estimate of drug-likeness (QED) is 0.282. The minimum Gasteiger partial charge on any atom is -0.423 e. The Morgan fingerprint density at radius 2 is 1.52 bits per heavy atom. The summed E-state index contributed by atoms with van der Waals surface area (Å²) in [6.45, 7) is 5.09. The van der Waals surface area contributed by atoms with Crippen LogP contribution in [0.1, 0.15) is 6.92 Å². The van der Waals surface area contributed by atoms with Gasteiger partial charge in [-0.25, -0.2) is 4.79 Å². The maximum atomic E-state index is 11.4. The van der Waals surface area contributed by atoms with Crippen molar-refractivity contribution in [2.75, 3.05) is 0 Å². The molecule has 2 aromatic rings. The van der Waals surface area contributed by atoms with Crippen LogP contribution in [0.2, 0.25) is 0 Å². The Balaban J connectivity index is 2.16. The first kappa shape index (κ1) is 14.5. The van der Waals surface area contributed by atoms with Gasteiger partial charge in [-0.05, 0) is 42.3 Å². The average Bonchev–Trinajstić information content (AvgIpc) is 2.48. The molecule has 2 rings (SSSR count). The predicted octanol–water partition coefficient (Wildman–Crippen LogP) is 3.74. The summed E-state index contributed by atoms with van der Waals surface area (Å²) in [5.41, 5.74) is 2.10. The molecule has 0 radical (unpaired) electrons. The number of nitro groups is 1. The zero-order valence-corrected chi connectivity index (χ0v) is 11.4. The molecule has 0 fully saturated rings. The number of ether oxygens (including phenoxy) is 1. The fourth-order valence-corrected chi connectivity index (χ4v) is 1.69. The molecule has 0 unspecified atom stereocenters.